The molecule has 0 saturated carbocycles. The highest BCUT2D eigenvalue weighted by atomic mass is 16.5. The van der Waals surface area contributed by atoms with Gasteiger partial charge in [-0.25, -0.2) is 0 Å². The summed E-state index contributed by atoms with van der Waals surface area (Å²) in [6, 6.07) is 10.5. The molecule has 7 nitrogen and oxygen atoms in total. The highest BCUT2D eigenvalue weighted by Crippen LogP contribution is 2.33. The van der Waals surface area contributed by atoms with Crippen LogP contribution in [-0.4, -0.2) is 47.5 Å². The number of aliphatic imine (C=N–C) groups is 1. The van der Waals surface area contributed by atoms with E-state index in [9.17, 15) is 0 Å². The molecule has 1 fully saturated rings. The normalized spacial score (nSPS) is 20.3. The largest absolute Gasteiger partial charge is 0.373 e. The summed E-state index contributed by atoms with van der Waals surface area (Å²) in [6.07, 6.45) is 3.88. The van der Waals surface area contributed by atoms with Crippen LogP contribution in [0.2, 0.25) is 0 Å². The van der Waals surface area contributed by atoms with Crippen molar-refractivity contribution < 1.29 is 4.74 Å². The lowest BCUT2D eigenvalue weighted by molar-refractivity contribution is 0.0915. The standard InChI is InChI=1S/C19H28N6O/c1-3-17-24-23-14-25(17)11-10-21-19(20-2)22-13-16-9-12-26-18(16)15-7-5-4-6-8-15/h4-8,14,16,18H,3,9-13H2,1-2H3,(H2,20,21,22). The van der Waals surface area contributed by atoms with Crippen molar-refractivity contribution in [1.82, 2.24) is 25.4 Å². The van der Waals surface area contributed by atoms with Crippen molar-refractivity contribution >= 4 is 5.96 Å². The minimum absolute atomic E-state index is 0.158. The number of hydrogen-bond acceptors (Lipinski definition) is 4. The number of aryl methyl sites for hydroxylation is 1. The molecule has 0 aliphatic carbocycles. The number of nitrogens with zero attached hydrogens (tertiary/aromatic N) is 4. The van der Waals surface area contributed by atoms with Crippen LogP contribution in [0.3, 0.4) is 0 Å². The number of ether oxygens (including phenoxy) is 1. The van der Waals surface area contributed by atoms with Crippen LogP contribution in [-0.2, 0) is 17.7 Å². The smallest absolute Gasteiger partial charge is 0.191 e. The number of nitrogens with one attached hydrogen (secondary N) is 2. The fraction of sp³-hybridized carbons (Fsp3) is 0.526. The van der Waals surface area contributed by atoms with E-state index < -0.39 is 0 Å². The third kappa shape index (κ3) is 4.60. The van der Waals surface area contributed by atoms with Gasteiger partial charge in [0.2, 0.25) is 0 Å². The lowest BCUT2D eigenvalue weighted by atomic mass is 9.95. The van der Waals surface area contributed by atoms with E-state index >= 15 is 0 Å². The quantitative estimate of drug-likeness (QED) is 0.584. The topological polar surface area (TPSA) is 76.4 Å². The highest BCUT2D eigenvalue weighted by molar-refractivity contribution is 5.79. The van der Waals surface area contributed by atoms with Gasteiger partial charge in [0.1, 0.15) is 12.2 Å². The summed E-state index contributed by atoms with van der Waals surface area (Å²) in [5.41, 5.74) is 1.25. The number of guanidine groups is 1. The van der Waals surface area contributed by atoms with E-state index in [0.717, 1.165) is 50.9 Å². The van der Waals surface area contributed by atoms with Crippen LogP contribution in [0.4, 0.5) is 0 Å². The van der Waals surface area contributed by atoms with E-state index in [0.29, 0.717) is 5.92 Å². The van der Waals surface area contributed by atoms with E-state index in [2.05, 4.69) is 61.6 Å². The molecule has 2 N–H and O–H groups in total. The molecule has 0 amide bonds. The third-order valence-corrected chi connectivity index (χ3v) is 4.75. The zero-order chi connectivity index (χ0) is 18.2. The summed E-state index contributed by atoms with van der Waals surface area (Å²) in [4.78, 5) is 4.32. The summed E-state index contributed by atoms with van der Waals surface area (Å²) < 4.78 is 8.02. The van der Waals surface area contributed by atoms with Gasteiger partial charge in [-0.1, -0.05) is 37.3 Å². The van der Waals surface area contributed by atoms with Crippen LogP contribution in [0, 0.1) is 5.92 Å². The van der Waals surface area contributed by atoms with E-state index in [1.54, 1.807) is 13.4 Å². The second-order valence-corrected chi connectivity index (χ2v) is 6.42. The maximum Gasteiger partial charge on any atom is 0.191 e. The molecule has 1 aliphatic rings. The number of aromatic nitrogens is 3. The molecule has 1 aromatic carbocycles. The van der Waals surface area contributed by atoms with Gasteiger partial charge in [-0.05, 0) is 12.0 Å². The van der Waals surface area contributed by atoms with Crippen molar-refractivity contribution in [2.45, 2.75) is 32.4 Å². The first-order valence-corrected chi connectivity index (χ1v) is 9.29. The molecule has 1 aromatic heterocycles. The average Bonchev–Trinajstić information content (AvgIpc) is 3.34. The Balaban J connectivity index is 1.46. The van der Waals surface area contributed by atoms with E-state index in [-0.39, 0.29) is 6.10 Å². The van der Waals surface area contributed by atoms with Crippen LogP contribution in [0.25, 0.3) is 0 Å². The number of rotatable bonds is 7. The maximum absolute atomic E-state index is 5.96. The minimum atomic E-state index is 0.158. The van der Waals surface area contributed by atoms with Crippen LogP contribution < -0.4 is 10.6 Å². The van der Waals surface area contributed by atoms with Gasteiger partial charge in [0.15, 0.2) is 5.96 Å². The van der Waals surface area contributed by atoms with Crippen LogP contribution in [0.5, 0.6) is 0 Å². The van der Waals surface area contributed by atoms with Crippen LogP contribution in [0.15, 0.2) is 41.7 Å². The Bertz CT molecular complexity index is 699. The molecule has 1 aliphatic heterocycles. The predicted molar refractivity (Wildman–Crippen MR) is 102 cm³/mol. The Morgan fingerprint density at radius 2 is 2.15 bits per heavy atom. The van der Waals surface area contributed by atoms with E-state index in [1.165, 1.54) is 5.56 Å². The molecule has 2 aromatic rings. The van der Waals surface area contributed by atoms with Gasteiger partial charge in [-0.2, -0.15) is 0 Å². The Labute approximate surface area is 154 Å². The summed E-state index contributed by atoms with van der Waals surface area (Å²) in [5.74, 6) is 2.26. The van der Waals surface area contributed by atoms with Gasteiger partial charge in [-0.3, -0.25) is 4.99 Å². The second kappa shape index (κ2) is 9.33. The van der Waals surface area contributed by atoms with E-state index in [1.807, 2.05) is 6.07 Å². The molecular formula is C19H28N6O. The molecule has 2 atom stereocenters. The van der Waals surface area contributed by atoms with Crippen molar-refractivity contribution in [3.63, 3.8) is 0 Å². The highest BCUT2D eigenvalue weighted by Gasteiger charge is 2.29. The van der Waals surface area contributed by atoms with Crippen molar-refractivity contribution in [3.05, 3.63) is 48.0 Å². The predicted octanol–water partition coefficient (Wildman–Crippen LogP) is 1.78. The van der Waals surface area contributed by atoms with Gasteiger partial charge in [0, 0.05) is 45.6 Å². The van der Waals surface area contributed by atoms with Crippen LogP contribution >= 0.6 is 0 Å². The van der Waals surface area contributed by atoms with Crippen molar-refractivity contribution in [3.8, 4) is 0 Å². The average molecular weight is 356 g/mol. The SMILES string of the molecule is CCc1nncn1CCNC(=NC)NCC1CCOC1c1ccccc1. The van der Waals surface area contributed by atoms with Gasteiger partial charge in [0.05, 0.1) is 6.10 Å². The zero-order valence-corrected chi connectivity index (χ0v) is 15.6. The van der Waals surface area contributed by atoms with E-state index in [4.69, 9.17) is 4.74 Å². The molecule has 2 unspecified atom stereocenters. The molecule has 7 heteroatoms. The maximum atomic E-state index is 5.96. The summed E-state index contributed by atoms with van der Waals surface area (Å²) in [7, 11) is 1.80. The Hall–Kier alpha value is -2.41. The first kappa shape index (κ1) is 18.4. The Morgan fingerprint density at radius 3 is 2.92 bits per heavy atom. The van der Waals surface area contributed by atoms with Gasteiger partial charge >= 0.3 is 0 Å². The first-order chi connectivity index (χ1) is 12.8. The fourth-order valence-corrected chi connectivity index (χ4v) is 3.34. The molecule has 140 valence electrons. The fourth-order valence-electron chi connectivity index (χ4n) is 3.34. The number of benzene rings is 1. The monoisotopic (exact) mass is 356 g/mol. The zero-order valence-electron chi connectivity index (χ0n) is 15.6. The Kier molecular flexibility index (Phi) is 6.60. The van der Waals surface area contributed by atoms with Crippen molar-refractivity contribution in [1.29, 1.82) is 0 Å². The van der Waals surface area contributed by atoms with Gasteiger partial charge < -0.3 is 19.9 Å². The molecule has 1 saturated heterocycles. The Morgan fingerprint density at radius 1 is 1.31 bits per heavy atom. The molecule has 0 bridgehead atoms. The lowest BCUT2D eigenvalue weighted by Crippen LogP contribution is -2.41. The first-order valence-electron chi connectivity index (χ1n) is 9.29. The second-order valence-electron chi connectivity index (χ2n) is 6.42. The summed E-state index contributed by atoms with van der Waals surface area (Å²) >= 11 is 0. The van der Waals surface area contributed by atoms with Crippen LogP contribution in [0.1, 0.15) is 30.8 Å². The van der Waals surface area contributed by atoms with Crippen molar-refractivity contribution in [2.75, 3.05) is 26.7 Å². The number of hydrogen-bond donors (Lipinski definition) is 2. The molecule has 26 heavy (non-hydrogen) atoms. The molecule has 3 rings (SSSR count). The summed E-state index contributed by atoms with van der Waals surface area (Å²) in [5, 5.41) is 14.9. The van der Waals surface area contributed by atoms with Gasteiger partial charge in [-0.15, -0.1) is 10.2 Å². The minimum Gasteiger partial charge on any atom is -0.373 e. The molecule has 2 heterocycles. The molecule has 0 radical (unpaired) electrons. The van der Waals surface area contributed by atoms with Crippen molar-refractivity contribution in [2.24, 2.45) is 10.9 Å². The summed E-state index contributed by atoms with van der Waals surface area (Å²) in [6.45, 7) is 5.32. The van der Waals surface area contributed by atoms with Gasteiger partial charge in [0.25, 0.3) is 0 Å². The lowest BCUT2D eigenvalue weighted by Gasteiger charge is -2.21. The third-order valence-electron chi connectivity index (χ3n) is 4.75. The molecule has 0 spiro atoms. The molecular weight excluding hydrogens is 328 g/mol.